The Morgan fingerprint density at radius 3 is 2.87 bits per heavy atom. The molecule has 0 aromatic heterocycles. The largest absolute Gasteiger partial charge is 0.377 e. The lowest BCUT2D eigenvalue weighted by atomic mass is 9.91. The average molecular weight is 205 g/mol. The van der Waals surface area contributed by atoms with Crippen LogP contribution in [0.15, 0.2) is 24.3 Å². The van der Waals surface area contributed by atoms with Crippen LogP contribution in [0.3, 0.4) is 0 Å². The van der Waals surface area contributed by atoms with E-state index in [1.54, 1.807) is 7.11 Å². The normalized spacial score (nSPS) is 22.9. The standard InChI is InChI=1S/C13H19NO/c1-10(15-2)12-5-3-4-6-13(12)11-7-8-14-9-11/h3-6,10-11,14H,7-9H2,1-2H3. The number of ether oxygens (including phenoxy) is 1. The molecule has 2 heteroatoms. The fourth-order valence-corrected chi connectivity index (χ4v) is 2.30. The number of rotatable bonds is 3. The molecule has 2 nitrogen and oxygen atoms in total. The third-order valence-corrected chi connectivity index (χ3v) is 3.29. The van der Waals surface area contributed by atoms with Crippen LogP contribution < -0.4 is 5.32 Å². The van der Waals surface area contributed by atoms with Crippen LogP contribution in [-0.2, 0) is 4.74 Å². The first-order valence-electron chi connectivity index (χ1n) is 5.65. The third kappa shape index (κ3) is 2.21. The molecular formula is C13H19NO. The Hall–Kier alpha value is -0.860. The van der Waals surface area contributed by atoms with Crippen molar-refractivity contribution in [3.8, 4) is 0 Å². The number of methoxy groups -OCH3 is 1. The summed E-state index contributed by atoms with van der Waals surface area (Å²) in [5, 5.41) is 3.41. The summed E-state index contributed by atoms with van der Waals surface area (Å²) in [5.74, 6) is 0.666. The minimum Gasteiger partial charge on any atom is -0.377 e. The zero-order valence-electron chi connectivity index (χ0n) is 9.49. The van der Waals surface area contributed by atoms with Gasteiger partial charge in [0.25, 0.3) is 0 Å². The molecule has 1 aromatic rings. The molecule has 82 valence electrons. The number of hydrogen-bond acceptors (Lipinski definition) is 2. The van der Waals surface area contributed by atoms with E-state index >= 15 is 0 Å². The molecule has 0 bridgehead atoms. The first-order chi connectivity index (χ1) is 7.33. The molecule has 2 unspecified atom stereocenters. The Morgan fingerprint density at radius 1 is 1.40 bits per heavy atom. The molecular weight excluding hydrogens is 186 g/mol. The minimum atomic E-state index is 0.196. The van der Waals surface area contributed by atoms with E-state index in [2.05, 4.69) is 36.5 Å². The van der Waals surface area contributed by atoms with Gasteiger partial charge in [-0.25, -0.2) is 0 Å². The van der Waals surface area contributed by atoms with Crippen molar-refractivity contribution in [1.29, 1.82) is 0 Å². The highest BCUT2D eigenvalue weighted by molar-refractivity contribution is 5.33. The van der Waals surface area contributed by atoms with Crippen LogP contribution in [-0.4, -0.2) is 20.2 Å². The summed E-state index contributed by atoms with van der Waals surface area (Å²) in [6.07, 6.45) is 1.44. The minimum absolute atomic E-state index is 0.196. The van der Waals surface area contributed by atoms with Crippen LogP contribution in [0.25, 0.3) is 0 Å². The highest BCUT2D eigenvalue weighted by Crippen LogP contribution is 2.30. The molecule has 1 aliphatic rings. The lowest BCUT2D eigenvalue weighted by molar-refractivity contribution is 0.118. The second kappa shape index (κ2) is 4.77. The Kier molecular flexibility index (Phi) is 3.39. The molecule has 0 aliphatic carbocycles. The predicted octanol–water partition coefficient (Wildman–Crippen LogP) is 2.47. The van der Waals surface area contributed by atoms with Gasteiger partial charge < -0.3 is 10.1 Å². The van der Waals surface area contributed by atoms with Crippen molar-refractivity contribution >= 4 is 0 Å². The summed E-state index contributed by atoms with van der Waals surface area (Å²) in [4.78, 5) is 0. The van der Waals surface area contributed by atoms with Gasteiger partial charge in [0.1, 0.15) is 0 Å². The summed E-state index contributed by atoms with van der Waals surface area (Å²) >= 11 is 0. The molecule has 2 atom stereocenters. The van der Waals surface area contributed by atoms with Gasteiger partial charge in [0, 0.05) is 13.7 Å². The van der Waals surface area contributed by atoms with Crippen LogP contribution in [0.5, 0.6) is 0 Å². The van der Waals surface area contributed by atoms with E-state index in [1.807, 2.05) is 0 Å². The number of hydrogen-bond donors (Lipinski definition) is 1. The smallest absolute Gasteiger partial charge is 0.0795 e. The fourth-order valence-electron chi connectivity index (χ4n) is 2.30. The molecule has 15 heavy (non-hydrogen) atoms. The van der Waals surface area contributed by atoms with Gasteiger partial charge in [-0.15, -0.1) is 0 Å². The molecule has 1 aliphatic heterocycles. The lowest BCUT2D eigenvalue weighted by Gasteiger charge is -2.18. The van der Waals surface area contributed by atoms with Crippen molar-refractivity contribution in [1.82, 2.24) is 5.32 Å². The van der Waals surface area contributed by atoms with E-state index in [0.29, 0.717) is 5.92 Å². The lowest BCUT2D eigenvalue weighted by Crippen LogP contribution is -2.10. The SMILES string of the molecule is COC(C)c1ccccc1C1CCNC1. The van der Waals surface area contributed by atoms with E-state index in [-0.39, 0.29) is 6.10 Å². The number of benzene rings is 1. The molecule has 1 fully saturated rings. The Bertz CT molecular complexity index is 318. The highest BCUT2D eigenvalue weighted by atomic mass is 16.5. The maximum atomic E-state index is 5.42. The summed E-state index contributed by atoms with van der Waals surface area (Å²) < 4.78 is 5.42. The van der Waals surface area contributed by atoms with Gasteiger partial charge in [-0.05, 0) is 36.9 Å². The molecule has 0 amide bonds. The molecule has 0 saturated carbocycles. The summed E-state index contributed by atoms with van der Waals surface area (Å²) in [6, 6.07) is 8.64. The van der Waals surface area contributed by atoms with E-state index in [4.69, 9.17) is 4.74 Å². The van der Waals surface area contributed by atoms with Crippen LogP contribution in [0.4, 0.5) is 0 Å². The summed E-state index contributed by atoms with van der Waals surface area (Å²) in [5.41, 5.74) is 2.80. The Balaban J connectivity index is 2.28. The van der Waals surface area contributed by atoms with Gasteiger partial charge in [-0.1, -0.05) is 24.3 Å². The Morgan fingerprint density at radius 2 is 2.20 bits per heavy atom. The second-order valence-corrected chi connectivity index (χ2v) is 4.20. The molecule has 1 heterocycles. The van der Waals surface area contributed by atoms with Crippen LogP contribution in [0.1, 0.15) is 36.5 Å². The van der Waals surface area contributed by atoms with Crippen LogP contribution in [0.2, 0.25) is 0 Å². The first kappa shape index (κ1) is 10.7. The van der Waals surface area contributed by atoms with Gasteiger partial charge >= 0.3 is 0 Å². The van der Waals surface area contributed by atoms with E-state index in [0.717, 1.165) is 13.1 Å². The second-order valence-electron chi connectivity index (χ2n) is 4.20. The third-order valence-electron chi connectivity index (χ3n) is 3.29. The molecule has 1 saturated heterocycles. The quantitative estimate of drug-likeness (QED) is 0.818. The van der Waals surface area contributed by atoms with Crippen LogP contribution in [0, 0.1) is 0 Å². The van der Waals surface area contributed by atoms with E-state index in [9.17, 15) is 0 Å². The molecule has 1 aromatic carbocycles. The summed E-state index contributed by atoms with van der Waals surface area (Å²) in [7, 11) is 1.77. The zero-order valence-corrected chi connectivity index (χ0v) is 9.49. The van der Waals surface area contributed by atoms with Crippen LogP contribution >= 0.6 is 0 Å². The van der Waals surface area contributed by atoms with E-state index < -0.39 is 0 Å². The molecule has 2 rings (SSSR count). The number of nitrogens with one attached hydrogen (secondary N) is 1. The van der Waals surface area contributed by atoms with Crippen molar-refractivity contribution in [3.63, 3.8) is 0 Å². The van der Waals surface area contributed by atoms with Crippen molar-refractivity contribution in [2.24, 2.45) is 0 Å². The van der Waals surface area contributed by atoms with E-state index in [1.165, 1.54) is 17.5 Å². The van der Waals surface area contributed by atoms with Gasteiger partial charge in [0.2, 0.25) is 0 Å². The predicted molar refractivity (Wildman–Crippen MR) is 62.1 cm³/mol. The highest BCUT2D eigenvalue weighted by Gasteiger charge is 2.20. The Labute approximate surface area is 91.6 Å². The monoisotopic (exact) mass is 205 g/mol. The maximum absolute atomic E-state index is 5.42. The van der Waals surface area contributed by atoms with Gasteiger partial charge in [0.15, 0.2) is 0 Å². The van der Waals surface area contributed by atoms with Crippen molar-refractivity contribution < 1.29 is 4.74 Å². The maximum Gasteiger partial charge on any atom is 0.0795 e. The van der Waals surface area contributed by atoms with Gasteiger partial charge in [-0.2, -0.15) is 0 Å². The first-order valence-corrected chi connectivity index (χ1v) is 5.65. The molecule has 1 N–H and O–H groups in total. The average Bonchev–Trinajstić information content (AvgIpc) is 2.81. The molecule has 0 radical (unpaired) electrons. The van der Waals surface area contributed by atoms with Crippen molar-refractivity contribution in [3.05, 3.63) is 35.4 Å². The van der Waals surface area contributed by atoms with Gasteiger partial charge in [-0.3, -0.25) is 0 Å². The molecule has 0 spiro atoms. The van der Waals surface area contributed by atoms with Crippen molar-refractivity contribution in [2.45, 2.75) is 25.4 Å². The zero-order chi connectivity index (χ0) is 10.7. The van der Waals surface area contributed by atoms with Gasteiger partial charge in [0.05, 0.1) is 6.10 Å². The fraction of sp³-hybridized carbons (Fsp3) is 0.538. The topological polar surface area (TPSA) is 21.3 Å². The van der Waals surface area contributed by atoms with Crippen molar-refractivity contribution in [2.75, 3.05) is 20.2 Å². The summed E-state index contributed by atoms with van der Waals surface area (Å²) in [6.45, 7) is 4.36.